The maximum Gasteiger partial charge on any atom is 0.410 e. The Bertz CT molecular complexity index is 339. The third-order valence-electron chi connectivity index (χ3n) is 3.57. The molecule has 0 aromatic heterocycles. The Morgan fingerprint density at radius 1 is 1.47 bits per heavy atom. The fraction of sp³-hybridized carbons (Fsp3) is 0.833. The van der Waals surface area contributed by atoms with Crippen molar-refractivity contribution in [2.45, 2.75) is 44.8 Å². The Kier molecular flexibility index (Phi) is 3.02. The van der Waals surface area contributed by atoms with Gasteiger partial charge in [0.05, 0.1) is 13.0 Å². The summed E-state index contributed by atoms with van der Waals surface area (Å²) < 4.78 is 10.1. The summed E-state index contributed by atoms with van der Waals surface area (Å²) in [5.74, 6) is -0.439. The standard InChI is InChI=1S/C12H19NO4/c1-12(2)6-9-5-4-8(10(14)16-3)7-13(9)11(15)17-12/h8-9H,4-7H2,1-3H3. The van der Waals surface area contributed by atoms with Crippen molar-refractivity contribution in [3.8, 4) is 0 Å². The zero-order chi connectivity index (χ0) is 12.6. The van der Waals surface area contributed by atoms with E-state index in [2.05, 4.69) is 0 Å². The van der Waals surface area contributed by atoms with E-state index in [0.29, 0.717) is 6.54 Å². The third kappa shape index (κ3) is 2.37. The van der Waals surface area contributed by atoms with E-state index >= 15 is 0 Å². The topological polar surface area (TPSA) is 55.8 Å². The van der Waals surface area contributed by atoms with Gasteiger partial charge in [0.2, 0.25) is 0 Å². The molecular formula is C12H19NO4. The van der Waals surface area contributed by atoms with E-state index in [4.69, 9.17) is 9.47 Å². The Labute approximate surface area is 101 Å². The van der Waals surface area contributed by atoms with Gasteiger partial charge in [-0.2, -0.15) is 0 Å². The highest BCUT2D eigenvalue weighted by atomic mass is 16.6. The summed E-state index contributed by atoms with van der Waals surface area (Å²) in [5.41, 5.74) is -0.393. The van der Waals surface area contributed by atoms with E-state index < -0.39 is 5.60 Å². The minimum atomic E-state index is -0.393. The Morgan fingerprint density at radius 3 is 2.82 bits per heavy atom. The molecule has 2 rings (SSSR count). The molecule has 2 unspecified atom stereocenters. The van der Waals surface area contributed by atoms with Gasteiger partial charge >= 0.3 is 12.1 Å². The Hall–Kier alpha value is -1.26. The number of cyclic esters (lactones) is 1. The summed E-state index contributed by atoms with van der Waals surface area (Å²) in [7, 11) is 1.38. The molecule has 17 heavy (non-hydrogen) atoms. The number of nitrogens with zero attached hydrogens (tertiary/aromatic N) is 1. The maximum atomic E-state index is 11.9. The number of piperidine rings is 1. The molecule has 5 heteroatoms. The number of rotatable bonds is 1. The first-order valence-corrected chi connectivity index (χ1v) is 6.00. The van der Waals surface area contributed by atoms with Crippen LogP contribution >= 0.6 is 0 Å². The highest BCUT2D eigenvalue weighted by Crippen LogP contribution is 2.34. The molecule has 2 aliphatic heterocycles. The lowest BCUT2D eigenvalue weighted by Gasteiger charge is -2.46. The SMILES string of the molecule is COC(=O)C1CCC2CC(C)(C)OC(=O)N2C1. The largest absolute Gasteiger partial charge is 0.469 e. The van der Waals surface area contributed by atoms with Gasteiger partial charge in [-0.3, -0.25) is 4.79 Å². The van der Waals surface area contributed by atoms with Crippen molar-refractivity contribution in [2.75, 3.05) is 13.7 Å². The van der Waals surface area contributed by atoms with Gasteiger partial charge < -0.3 is 14.4 Å². The molecule has 2 saturated heterocycles. The zero-order valence-electron chi connectivity index (χ0n) is 10.6. The molecular weight excluding hydrogens is 222 g/mol. The second kappa shape index (κ2) is 4.20. The maximum absolute atomic E-state index is 11.9. The van der Waals surface area contributed by atoms with Crippen LogP contribution in [0.2, 0.25) is 0 Å². The van der Waals surface area contributed by atoms with Crippen LogP contribution < -0.4 is 0 Å². The van der Waals surface area contributed by atoms with Crippen molar-refractivity contribution in [3.05, 3.63) is 0 Å². The van der Waals surface area contributed by atoms with Crippen LogP contribution in [0.5, 0.6) is 0 Å². The first-order valence-electron chi connectivity index (χ1n) is 6.00. The fourth-order valence-electron chi connectivity index (χ4n) is 2.73. The molecule has 2 atom stereocenters. The van der Waals surface area contributed by atoms with Crippen molar-refractivity contribution in [1.82, 2.24) is 4.90 Å². The summed E-state index contributed by atoms with van der Waals surface area (Å²) in [5, 5.41) is 0. The average Bonchev–Trinajstić information content (AvgIpc) is 2.26. The predicted octanol–water partition coefficient (Wildman–Crippen LogP) is 1.56. The summed E-state index contributed by atoms with van der Waals surface area (Å²) >= 11 is 0. The van der Waals surface area contributed by atoms with Crippen LogP contribution in [0.1, 0.15) is 33.1 Å². The normalized spacial score (nSPS) is 31.5. The molecule has 0 aromatic rings. The highest BCUT2D eigenvalue weighted by molar-refractivity contribution is 5.75. The van der Waals surface area contributed by atoms with E-state index in [9.17, 15) is 9.59 Å². The molecule has 0 aliphatic carbocycles. The Balaban J connectivity index is 2.07. The molecule has 0 bridgehead atoms. The van der Waals surface area contributed by atoms with Crippen molar-refractivity contribution in [1.29, 1.82) is 0 Å². The second-order valence-corrected chi connectivity index (χ2v) is 5.44. The quantitative estimate of drug-likeness (QED) is 0.654. The lowest BCUT2D eigenvalue weighted by Crippen LogP contribution is -2.57. The molecule has 1 amide bonds. The molecule has 0 saturated carbocycles. The van der Waals surface area contributed by atoms with Gasteiger partial charge in [-0.25, -0.2) is 4.79 Å². The van der Waals surface area contributed by atoms with E-state index in [1.165, 1.54) is 7.11 Å². The number of carbonyl (C=O) groups is 2. The van der Waals surface area contributed by atoms with Crippen LogP contribution in [0, 0.1) is 5.92 Å². The zero-order valence-corrected chi connectivity index (χ0v) is 10.6. The highest BCUT2D eigenvalue weighted by Gasteiger charge is 2.44. The number of carbonyl (C=O) groups excluding carboxylic acids is 2. The number of hydrogen-bond acceptors (Lipinski definition) is 4. The van der Waals surface area contributed by atoms with E-state index in [1.807, 2.05) is 13.8 Å². The predicted molar refractivity (Wildman–Crippen MR) is 60.4 cm³/mol. The van der Waals surface area contributed by atoms with Crippen LogP contribution in [0.3, 0.4) is 0 Å². The molecule has 96 valence electrons. The molecule has 0 radical (unpaired) electrons. The number of ether oxygens (including phenoxy) is 2. The van der Waals surface area contributed by atoms with Gasteiger partial charge in [0, 0.05) is 19.0 Å². The average molecular weight is 241 g/mol. The summed E-state index contributed by atoms with van der Waals surface area (Å²) in [6, 6.07) is 0.201. The Morgan fingerprint density at radius 2 is 2.18 bits per heavy atom. The number of esters is 1. The molecule has 2 aliphatic rings. The number of methoxy groups -OCH3 is 1. The van der Waals surface area contributed by atoms with Gasteiger partial charge in [-0.1, -0.05) is 0 Å². The molecule has 0 N–H and O–H groups in total. The van der Waals surface area contributed by atoms with Crippen LogP contribution in [0.15, 0.2) is 0 Å². The minimum Gasteiger partial charge on any atom is -0.469 e. The first-order chi connectivity index (χ1) is 7.93. The summed E-state index contributed by atoms with van der Waals surface area (Å²) in [6.45, 7) is 4.27. The van der Waals surface area contributed by atoms with Gasteiger partial charge in [0.1, 0.15) is 5.60 Å². The monoisotopic (exact) mass is 241 g/mol. The van der Waals surface area contributed by atoms with Gasteiger partial charge in [0.15, 0.2) is 0 Å². The number of hydrogen-bond donors (Lipinski definition) is 0. The van der Waals surface area contributed by atoms with Crippen molar-refractivity contribution < 1.29 is 19.1 Å². The summed E-state index contributed by atoms with van der Waals surface area (Å²) in [6.07, 6.45) is 2.15. The van der Waals surface area contributed by atoms with E-state index in [1.54, 1.807) is 4.90 Å². The molecule has 2 fully saturated rings. The molecule has 0 aromatic carbocycles. The second-order valence-electron chi connectivity index (χ2n) is 5.44. The van der Waals surface area contributed by atoms with Crippen molar-refractivity contribution >= 4 is 12.1 Å². The molecule has 0 spiro atoms. The lowest BCUT2D eigenvalue weighted by atomic mass is 9.86. The fourth-order valence-corrected chi connectivity index (χ4v) is 2.73. The number of fused-ring (bicyclic) bond motifs is 1. The van der Waals surface area contributed by atoms with Crippen molar-refractivity contribution in [3.63, 3.8) is 0 Å². The van der Waals surface area contributed by atoms with Gasteiger partial charge in [0.25, 0.3) is 0 Å². The van der Waals surface area contributed by atoms with Crippen LogP contribution in [0.4, 0.5) is 4.79 Å². The first kappa shape index (κ1) is 12.2. The smallest absolute Gasteiger partial charge is 0.410 e. The van der Waals surface area contributed by atoms with Crippen LogP contribution in [-0.2, 0) is 14.3 Å². The van der Waals surface area contributed by atoms with Crippen LogP contribution in [0.25, 0.3) is 0 Å². The van der Waals surface area contributed by atoms with E-state index in [0.717, 1.165) is 19.3 Å². The third-order valence-corrected chi connectivity index (χ3v) is 3.57. The van der Waals surface area contributed by atoms with Gasteiger partial charge in [-0.15, -0.1) is 0 Å². The lowest BCUT2D eigenvalue weighted by molar-refractivity contribution is -0.149. The molecule has 5 nitrogen and oxygen atoms in total. The van der Waals surface area contributed by atoms with Crippen molar-refractivity contribution in [2.24, 2.45) is 5.92 Å². The summed E-state index contributed by atoms with van der Waals surface area (Å²) in [4.78, 5) is 25.0. The van der Waals surface area contributed by atoms with Crippen LogP contribution in [-0.4, -0.2) is 42.3 Å². The van der Waals surface area contributed by atoms with Gasteiger partial charge in [-0.05, 0) is 26.7 Å². The number of amides is 1. The van der Waals surface area contributed by atoms with E-state index in [-0.39, 0.29) is 24.0 Å². The minimum absolute atomic E-state index is 0.201. The molecule has 2 heterocycles.